The molecule has 1 aromatic carbocycles. The smallest absolute Gasteiger partial charge is 0.194 e. The van der Waals surface area contributed by atoms with Gasteiger partial charge in [-0.1, -0.05) is 31.2 Å². The molecular formula is C25H38IN7. The van der Waals surface area contributed by atoms with Gasteiger partial charge in [-0.25, -0.2) is 9.98 Å². The molecule has 4 rings (SSSR count). The van der Waals surface area contributed by atoms with Crippen LogP contribution < -0.4 is 15.1 Å². The number of hydrogen-bond acceptors (Lipinski definition) is 5. The van der Waals surface area contributed by atoms with E-state index in [0.717, 1.165) is 82.8 Å². The number of rotatable bonds is 6. The minimum Gasteiger partial charge on any atom is -0.368 e. The highest BCUT2D eigenvalue weighted by molar-refractivity contribution is 14.0. The zero-order valence-electron chi connectivity index (χ0n) is 20.0. The SMILES string of the molecule is CCNC(=NCc1ccc(N2CCN(CC)CC2)nc1)N1CCN(c2ccccc2)CC1.I. The number of pyridine rings is 1. The normalized spacial score (nSPS) is 17.6. The molecule has 1 N–H and O–H groups in total. The summed E-state index contributed by atoms with van der Waals surface area (Å²) >= 11 is 0. The lowest BCUT2D eigenvalue weighted by Gasteiger charge is -2.37. The predicted molar refractivity (Wildman–Crippen MR) is 149 cm³/mol. The quantitative estimate of drug-likeness (QED) is 0.331. The molecule has 2 aliphatic heterocycles. The molecule has 2 aliphatic rings. The number of halogens is 1. The van der Waals surface area contributed by atoms with Crippen molar-refractivity contribution in [3.63, 3.8) is 0 Å². The Hall–Kier alpha value is -2.07. The van der Waals surface area contributed by atoms with E-state index in [0.29, 0.717) is 6.54 Å². The first-order valence-corrected chi connectivity index (χ1v) is 12.0. The number of hydrogen-bond donors (Lipinski definition) is 1. The molecule has 0 spiro atoms. The molecule has 1 aromatic heterocycles. The van der Waals surface area contributed by atoms with E-state index in [9.17, 15) is 0 Å². The lowest BCUT2D eigenvalue weighted by molar-refractivity contribution is 0.270. The van der Waals surface area contributed by atoms with Crippen LogP contribution in [0.1, 0.15) is 19.4 Å². The Bertz CT molecular complexity index is 843. The molecule has 2 saturated heterocycles. The first kappa shape index (κ1) is 25.6. The van der Waals surface area contributed by atoms with Gasteiger partial charge >= 0.3 is 0 Å². The predicted octanol–water partition coefficient (Wildman–Crippen LogP) is 3.13. The lowest BCUT2D eigenvalue weighted by atomic mass is 10.2. The summed E-state index contributed by atoms with van der Waals surface area (Å²) in [5.74, 6) is 2.08. The molecule has 33 heavy (non-hydrogen) atoms. The van der Waals surface area contributed by atoms with Crippen LogP contribution in [0.15, 0.2) is 53.7 Å². The van der Waals surface area contributed by atoms with Crippen molar-refractivity contribution in [2.75, 3.05) is 75.2 Å². The standard InChI is InChI=1S/C25H37N7.HI/c1-3-26-25(32-18-16-30(17-19-32)23-8-6-5-7-9-23)28-21-22-10-11-24(27-20-22)31-14-12-29(4-2)13-15-31;/h5-11,20H,3-4,12-19,21H2,1-2H3,(H,26,28);1H. The molecule has 0 atom stereocenters. The fraction of sp³-hybridized carbons (Fsp3) is 0.520. The van der Waals surface area contributed by atoms with E-state index in [2.05, 4.69) is 81.2 Å². The number of nitrogens with one attached hydrogen (secondary N) is 1. The van der Waals surface area contributed by atoms with Crippen molar-refractivity contribution in [2.45, 2.75) is 20.4 Å². The number of anilines is 2. The highest BCUT2D eigenvalue weighted by Gasteiger charge is 2.20. The summed E-state index contributed by atoms with van der Waals surface area (Å²) in [6.45, 7) is 15.3. The average Bonchev–Trinajstić information content (AvgIpc) is 2.87. The van der Waals surface area contributed by atoms with Gasteiger partial charge in [0.15, 0.2) is 5.96 Å². The summed E-state index contributed by atoms with van der Waals surface area (Å²) in [6, 6.07) is 15.0. The highest BCUT2D eigenvalue weighted by Crippen LogP contribution is 2.17. The maximum Gasteiger partial charge on any atom is 0.194 e. The number of piperazine rings is 2. The van der Waals surface area contributed by atoms with Crippen molar-refractivity contribution >= 4 is 41.4 Å². The molecule has 8 heteroatoms. The molecule has 0 unspecified atom stereocenters. The van der Waals surface area contributed by atoms with E-state index in [-0.39, 0.29) is 24.0 Å². The van der Waals surface area contributed by atoms with Crippen LogP contribution in [0, 0.1) is 0 Å². The van der Waals surface area contributed by atoms with E-state index < -0.39 is 0 Å². The zero-order valence-corrected chi connectivity index (χ0v) is 22.3. The van der Waals surface area contributed by atoms with Gasteiger partial charge in [-0.3, -0.25) is 0 Å². The highest BCUT2D eigenvalue weighted by atomic mass is 127. The van der Waals surface area contributed by atoms with Crippen LogP contribution in [-0.4, -0.2) is 86.2 Å². The molecule has 3 heterocycles. The Morgan fingerprint density at radius 1 is 0.879 bits per heavy atom. The van der Waals surface area contributed by atoms with Crippen LogP contribution in [0.4, 0.5) is 11.5 Å². The Balaban J connectivity index is 0.00000306. The summed E-state index contributed by atoms with van der Waals surface area (Å²) in [5, 5.41) is 3.47. The fourth-order valence-electron chi connectivity index (χ4n) is 4.40. The first-order valence-electron chi connectivity index (χ1n) is 12.0. The fourth-order valence-corrected chi connectivity index (χ4v) is 4.40. The Morgan fingerprint density at radius 2 is 1.58 bits per heavy atom. The van der Waals surface area contributed by atoms with Gasteiger partial charge in [0.1, 0.15) is 5.82 Å². The molecule has 0 aliphatic carbocycles. The second kappa shape index (κ2) is 13.0. The van der Waals surface area contributed by atoms with Gasteiger partial charge in [-0.15, -0.1) is 24.0 Å². The monoisotopic (exact) mass is 563 g/mol. The third-order valence-electron chi connectivity index (χ3n) is 6.40. The van der Waals surface area contributed by atoms with Crippen LogP contribution in [0.2, 0.25) is 0 Å². The number of benzene rings is 1. The number of aliphatic imine (C=N–C) groups is 1. The van der Waals surface area contributed by atoms with Crippen LogP contribution in [0.5, 0.6) is 0 Å². The molecular weight excluding hydrogens is 525 g/mol. The average molecular weight is 564 g/mol. The Morgan fingerprint density at radius 3 is 2.18 bits per heavy atom. The van der Waals surface area contributed by atoms with E-state index in [1.165, 1.54) is 5.69 Å². The number of aromatic nitrogens is 1. The second-order valence-electron chi connectivity index (χ2n) is 8.43. The van der Waals surface area contributed by atoms with E-state index in [4.69, 9.17) is 9.98 Å². The minimum absolute atomic E-state index is 0. The number of nitrogens with zero attached hydrogens (tertiary/aromatic N) is 6. The molecule has 0 amide bonds. The number of likely N-dealkylation sites (N-methyl/N-ethyl adjacent to an activating group) is 1. The maximum absolute atomic E-state index is 4.92. The molecule has 7 nitrogen and oxygen atoms in total. The second-order valence-corrected chi connectivity index (χ2v) is 8.43. The Labute approximate surface area is 215 Å². The van der Waals surface area contributed by atoms with E-state index in [1.807, 2.05) is 6.20 Å². The lowest BCUT2D eigenvalue weighted by Crippen LogP contribution is -2.52. The van der Waals surface area contributed by atoms with Crippen LogP contribution in [0.25, 0.3) is 0 Å². The minimum atomic E-state index is 0. The summed E-state index contributed by atoms with van der Waals surface area (Å²) in [4.78, 5) is 19.3. The van der Waals surface area contributed by atoms with Gasteiger partial charge in [0.05, 0.1) is 6.54 Å². The van der Waals surface area contributed by atoms with Gasteiger partial charge < -0.3 is 24.9 Å². The van der Waals surface area contributed by atoms with Gasteiger partial charge in [-0.05, 0) is 37.2 Å². The van der Waals surface area contributed by atoms with Gasteiger partial charge in [0.2, 0.25) is 0 Å². The van der Waals surface area contributed by atoms with Gasteiger partial charge in [-0.2, -0.15) is 0 Å². The van der Waals surface area contributed by atoms with Crippen molar-refractivity contribution in [2.24, 2.45) is 4.99 Å². The molecule has 180 valence electrons. The molecule has 2 fully saturated rings. The summed E-state index contributed by atoms with van der Waals surface area (Å²) in [5.41, 5.74) is 2.45. The third-order valence-corrected chi connectivity index (χ3v) is 6.40. The third kappa shape index (κ3) is 6.96. The summed E-state index contributed by atoms with van der Waals surface area (Å²) < 4.78 is 0. The van der Waals surface area contributed by atoms with E-state index >= 15 is 0 Å². The van der Waals surface area contributed by atoms with Crippen LogP contribution in [0.3, 0.4) is 0 Å². The number of guanidine groups is 1. The van der Waals surface area contributed by atoms with Crippen LogP contribution >= 0.6 is 24.0 Å². The van der Waals surface area contributed by atoms with Crippen molar-refractivity contribution in [3.05, 3.63) is 54.2 Å². The maximum atomic E-state index is 4.92. The molecule has 2 aromatic rings. The van der Waals surface area contributed by atoms with Crippen molar-refractivity contribution in [1.29, 1.82) is 0 Å². The molecule has 0 bridgehead atoms. The van der Waals surface area contributed by atoms with E-state index in [1.54, 1.807) is 0 Å². The zero-order chi connectivity index (χ0) is 22.2. The number of para-hydroxylation sites is 1. The van der Waals surface area contributed by atoms with Gasteiger partial charge in [0, 0.05) is 70.8 Å². The Kier molecular flexibility index (Phi) is 10.1. The van der Waals surface area contributed by atoms with Gasteiger partial charge in [0.25, 0.3) is 0 Å². The summed E-state index contributed by atoms with van der Waals surface area (Å²) in [7, 11) is 0. The topological polar surface area (TPSA) is 50.2 Å². The largest absolute Gasteiger partial charge is 0.368 e. The van der Waals surface area contributed by atoms with Crippen molar-refractivity contribution < 1.29 is 0 Å². The summed E-state index contributed by atoms with van der Waals surface area (Å²) in [6.07, 6.45) is 1.99. The molecule has 0 saturated carbocycles. The van der Waals surface area contributed by atoms with Crippen molar-refractivity contribution in [3.8, 4) is 0 Å². The van der Waals surface area contributed by atoms with Crippen LogP contribution in [-0.2, 0) is 6.54 Å². The molecule has 0 radical (unpaired) electrons. The first-order chi connectivity index (χ1) is 15.8. The van der Waals surface area contributed by atoms with Crippen molar-refractivity contribution in [1.82, 2.24) is 20.1 Å².